The van der Waals surface area contributed by atoms with Gasteiger partial charge < -0.3 is 14.8 Å². The Kier molecular flexibility index (Phi) is 5.63. The molecule has 122 valence electrons. The van der Waals surface area contributed by atoms with Crippen LogP contribution in [-0.4, -0.2) is 19.1 Å². The van der Waals surface area contributed by atoms with E-state index in [0.29, 0.717) is 6.54 Å². The van der Waals surface area contributed by atoms with Crippen molar-refractivity contribution in [1.82, 2.24) is 5.32 Å². The van der Waals surface area contributed by atoms with Gasteiger partial charge in [-0.3, -0.25) is 4.79 Å². The van der Waals surface area contributed by atoms with Crippen molar-refractivity contribution < 1.29 is 14.3 Å². The predicted molar refractivity (Wildman–Crippen MR) is 90.8 cm³/mol. The molecule has 23 heavy (non-hydrogen) atoms. The third-order valence-corrected chi connectivity index (χ3v) is 3.66. The van der Waals surface area contributed by atoms with Crippen molar-refractivity contribution in [2.45, 2.75) is 33.4 Å². The molecule has 2 aromatic rings. The number of para-hydroxylation sites is 1. The first-order valence-electron chi connectivity index (χ1n) is 7.64. The van der Waals surface area contributed by atoms with Gasteiger partial charge in [-0.05, 0) is 44.0 Å². The molecule has 0 saturated heterocycles. The molecule has 4 heteroatoms. The van der Waals surface area contributed by atoms with E-state index in [9.17, 15) is 4.79 Å². The maximum atomic E-state index is 12.2. The Hall–Kier alpha value is -2.49. The van der Waals surface area contributed by atoms with Crippen molar-refractivity contribution >= 4 is 5.91 Å². The minimum atomic E-state index is -0.565. The first kappa shape index (κ1) is 16.9. The first-order chi connectivity index (χ1) is 11.0. The molecule has 0 aliphatic rings. The summed E-state index contributed by atoms with van der Waals surface area (Å²) in [7, 11) is 1.62. The number of methoxy groups -OCH3 is 1. The smallest absolute Gasteiger partial charge is 0.261 e. The zero-order chi connectivity index (χ0) is 16.8. The van der Waals surface area contributed by atoms with Crippen LogP contribution in [0.15, 0.2) is 42.5 Å². The van der Waals surface area contributed by atoms with Crippen LogP contribution in [0.3, 0.4) is 0 Å². The molecule has 2 aromatic carbocycles. The summed E-state index contributed by atoms with van der Waals surface area (Å²) in [5.74, 6) is 1.35. The average Bonchev–Trinajstić information content (AvgIpc) is 2.56. The SMILES string of the molecule is COc1ccccc1CNC(=O)[C@@H](C)Oc1cc(C)ccc1C. The molecular weight excluding hydrogens is 290 g/mol. The summed E-state index contributed by atoms with van der Waals surface area (Å²) in [5, 5.41) is 2.88. The topological polar surface area (TPSA) is 47.6 Å². The highest BCUT2D eigenvalue weighted by atomic mass is 16.5. The second-order valence-corrected chi connectivity index (χ2v) is 5.56. The number of aryl methyl sites for hydroxylation is 2. The third-order valence-electron chi connectivity index (χ3n) is 3.66. The Morgan fingerprint density at radius 3 is 2.61 bits per heavy atom. The number of rotatable bonds is 6. The van der Waals surface area contributed by atoms with Crippen molar-refractivity contribution in [3.05, 3.63) is 59.2 Å². The normalized spacial score (nSPS) is 11.7. The van der Waals surface area contributed by atoms with E-state index in [2.05, 4.69) is 5.32 Å². The van der Waals surface area contributed by atoms with Crippen LogP contribution >= 0.6 is 0 Å². The molecule has 0 radical (unpaired) electrons. The second-order valence-electron chi connectivity index (χ2n) is 5.56. The average molecular weight is 313 g/mol. The largest absolute Gasteiger partial charge is 0.496 e. The number of carbonyl (C=O) groups is 1. The summed E-state index contributed by atoms with van der Waals surface area (Å²) in [6.45, 7) is 6.12. The van der Waals surface area contributed by atoms with Gasteiger partial charge in [-0.15, -0.1) is 0 Å². The van der Waals surface area contributed by atoms with Gasteiger partial charge in [-0.1, -0.05) is 30.3 Å². The van der Waals surface area contributed by atoms with Crippen molar-refractivity contribution in [3.8, 4) is 11.5 Å². The van der Waals surface area contributed by atoms with Crippen LogP contribution in [0.25, 0.3) is 0 Å². The molecule has 0 unspecified atom stereocenters. The summed E-state index contributed by atoms with van der Waals surface area (Å²) in [6, 6.07) is 13.6. The van der Waals surface area contributed by atoms with Gasteiger partial charge in [0.05, 0.1) is 7.11 Å². The minimum absolute atomic E-state index is 0.156. The molecule has 0 aliphatic heterocycles. The number of amides is 1. The van der Waals surface area contributed by atoms with Gasteiger partial charge in [0.25, 0.3) is 5.91 Å². The minimum Gasteiger partial charge on any atom is -0.496 e. The van der Waals surface area contributed by atoms with E-state index in [1.165, 1.54) is 0 Å². The number of ether oxygens (including phenoxy) is 2. The highest BCUT2D eigenvalue weighted by Crippen LogP contribution is 2.21. The molecule has 1 amide bonds. The fourth-order valence-electron chi connectivity index (χ4n) is 2.25. The summed E-state index contributed by atoms with van der Waals surface area (Å²) < 4.78 is 11.1. The second kappa shape index (κ2) is 7.68. The van der Waals surface area contributed by atoms with Gasteiger partial charge >= 0.3 is 0 Å². The summed E-state index contributed by atoms with van der Waals surface area (Å²) in [6.07, 6.45) is -0.565. The van der Waals surface area contributed by atoms with Crippen molar-refractivity contribution in [2.75, 3.05) is 7.11 Å². The molecule has 0 aliphatic carbocycles. The molecule has 1 N–H and O–H groups in total. The lowest BCUT2D eigenvalue weighted by Crippen LogP contribution is -2.36. The Balaban J connectivity index is 1.96. The van der Waals surface area contributed by atoms with Crippen molar-refractivity contribution in [2.24, 2.45) is 0 Å². The molecule has 2 rings (SSSR count). The van der Waals surface area contributed by atoms with E-state index in [1.807, 2.05) is 56.3 Å². The number of hydrogen-bond donors (Lipinski definition) is 1. The molecule has 0 fully saturated rings. The molecule has 1 atom stereocenters. The predicted octanol–water partition coefficient (Wildman–Crippen LogP) is 3.40. The number of benzene rings is 2. The van der Waals surface area contributed by atoms with Gasteiger partial charge in [-0.2, -0.15) is 0 Å². The van der Waals surface area contributed by atoms with Crippen LogP contribution in [0, 0.1) is 13.8 Å². The quantitative estimate of drug-likeness (QED) is 0.889. The van der Waals surface area contributed by atoms with E-state index in [0.717, 1.165) is 28.2 Å². The van der Waals surface area contributed by atoms with Crippen LogP contribution in [0.4, 0.5) is 0 Å². The zero-order valence-corrected chi connectivity index (χ0v) is 14.1. The Labute approximate surface area is 137 Å². The molecule has 0 heterocycles. The van der Waals surface area contributed by atoms with Gasteiger partial charge in [0, 0.05) is 12.1 Å². The fourth-order valence-corrected chi connectivity index (χ4v) is 2.25. The molecule has 0 aromatic heterocycles. The van der Waals surface area contributed by atoms with Crippen LogP contribution in [0.5, 0.6) is 11.5 Å². The highest BCUT2D eigenvalue weighted by molar-refractivity contribution is 5.80. The van der Waals surface area contributed by atoms with E-state index >= 15 is 0 Å². The lowest BCUT2D eigenvalue weighted by Gasteiger charge is -2.17. The Morgan fingerprint density at radius 2 is 1.87 bits per heavy atom. The zero-order valence-electron chi connectivity index (χ0n) is 14.1. The number of carbonyl (C=O) groups excluding carboxylic acids is 1. The third kappa shape index (κ3) is 4.49. The maximum Gasteiger partial charge on any atom is 0.261 e. The van der Waals surface area contributed by atoms with E-state index in [-0.39, 0.29) is 5.91 Å². The van der Waals surface area contributed by atoms with E-state index in [4.69, 9.17) is 9.47 Å². The number of nitrogens with one attached hydrogen (secondary N) is 1. The molecule has 0 bridgehead atoms. The standard InChI is InChI=1S/C19H23NO3/c1-13-9-10-14(2)18(11-13)23-15(3)19(21)20-12-16-7-5-6-8-17(16)22-4/h5-11,15H,12H2,1-4H3,(H,20,21)/t15-/m1/s1. The van der Waals surface area contributed by atoms with Gasteiger partial charge in [0.1, 0.15) is 11.5 Å². The molecular formula is C19H23NO3. The lowest BCUT2D eigenvalue weighted by atomic mass is 10.1. The van der Waals surface area contributed by atoms with Gasteiger partial charge in [0.15, 0.2) is 6.10 Å². The fraction of sp³-hybridized carbons (Fsp3) is 0.316. The Bertz CT molecular complexity index is 682. The summed E-state index contributed by atoms with van der Waals surface area (Å²) >= 11 is 0. The van der Waals surface area contributed by atoms with Crippen LogP contribution < -0.4 is 14.8 Å². The highest BCUT2D eigenvalue weighted by Gasteiger charge is 2.16. The summed E-state index contributed by atoms with van der Waals surface area (Å²) in [5.41, 5.74) is 3.05. The van der Waals surface area contributed by atoms with Crippen LogP contribution in [-0.2, 0) is 11.3 Å². The van der Waals surface area contributed by atoms with Crippen molar-refractivity contribution in [1.29, 1.82) is 0 Å². The number of hydrogen-bond acceptors (Lipinski definition) is 3. The molecule has 0 spiro atoms. The van der Waals surface area contributed by atoms with Crippen LogP contribution in [0.2, 0.25) is 0 Å². The first-order valence-corrected chi connectivity index (χ1v) is 7.64. The summed E-state index contributed by atoms with van der Waals surface area (Å²) in [4.78, 5) is 12.2. The van der Waals surface area contributed by atoms with E-state index in [1.54, 1.807) is 14.0 Å². The monoisotopic (exact) mass is 313 g/mol. The van der Waals surface area contributed by atoms with Gasteiger partial charge in [0.2, 0.25) is 0 Å². The van der Waals surface area contributed by atoms with E-state index < -0.39 is 6.10 Å². The van der Waals surface area contributed by atoms with Gasteiger partial charge in [-0.25, -0.2) is 0 Å². The molecule has 0 saturated carbocycles. The Morgan fingerprint density at radius 1 is 1.13 bits per heavy atom. The maximum absolute atomic E-state index is 12.2. The van der Waals surface area contributed by atoms with Crippen molar-refractivity contribution in [3.63, 3.8) is 0 Å². The molecule has 4 nitrogen and oxygen atoms in total. The lowest BCUT2D eigenvalue weighted by molar-refractivity contribution is -0.127. The van der Waals surface area contributed by atoms with Crippen LogP contribution in [0.1, 0.15) is 23.6 Å².